The fourth-order valence-electron chi connectivity index (χ4n) is 5.57. The van der Waals surface area contributed by atoms with Crippen molar-refractivity contribution in [2.45, 2.75) is 42.0 Å². The van der Waals surface area contributed by atoms with Crippen molar-refractivity contribution in [3.63, 3.8) is 0 Å². The highest BCUT2D eigenvalue weighted by molar-refractivity contribution is 7.99. The van der Waals surface area contributed by atoms with Crippen LogP contribution in [0, 0.1) is 6.92 Å². The SMILES string of the molecule is Cc1cc(Nc2cc(N3CCN(C4CCN(C)CC4)CC3)nc(Sc3ccc4nc(C(F)(F)F)n(C)c4c3)n2)n[nH]1.[HH].[HH]. The molecule has 5 heterocycles. The molecule has 0 atom stereocenters. The van der Waals surface area contributed by atoms with E-state index in [-0.39, 0.29) is 8.37 Å². The van der Waals surface area contributed by atoms with E-state index in [2.05, 4.69) is 42.2 Å². The van der Waals surface area contributed by atoms with Crippen molar-refractivity contribution in [3.8, 4) is 0 Å². The van der Waals surface area contributed by atoms with Gasteiger partial charge in [0.1, 0.15) is 11.6 Å². The van der Waals surface area contributed by atoms with Crippen LogP contribution < -0.4 is 10.2 Å². The Balaban J connectivity index is 0.00000212. The molecule has 4 aromatic rings. The summed E-state index contributed by atoms with van der Waals surface area (Å²) in [6.45, 7) is 7.86. The molecule has 2 N–H and O–H groups in total. The van der Waals surface area contributed by atoms with Gasteiger partial charge in [-0.2, -0.15) is 18.3 Å². The number of nitrogens with one attached hydrogen (secondary N) is 2. The average Bonchev–Trinajstić information content (AvgIpc) is 3.51. The quantitative estimate of drug-likeness (QED) is 0.301. The third-order valence-electron chi connectivity index (χ3n) is 7.81. The zero-order valence-corrected chi connectivity index (χ0v) is 24.1. The minimum Gasteiger partial charge on any atom is -0.354 e. The Morgan fingerprint density at radius 1 is 0.951 bits per heavy atom. The summed E-state index contributed by atoms with van der Waals surface area (Å²) in [5, 5.41) is 11.0. The molecule has 222 valence electrons. The summed E-state index contributed by atoms with van der Waals surface area (Å²) in [5.74, 6) is 1.13. The molecular weight excluding hydrogens is 553 g/mol. The van der Waals surface area contributed by atoms with Crippen LogP contribution >= 0.6 is 11.8 Å². The van der Waals surface area contributed by atoms with Gasteiger partial charge in [0.25, 0.3) is 0 Å². The Hall–Kier alpha value is -3.36. The molecule has 0 saturated carbocycles. The van der Waals surface area contributed by atoms with E-state index in [0.717, 1.165) is 60.2 Å². The van der Waals surface area contributed by atoms with E-state index in [1.807, 2.05) is 19.1 Å². The van der Waals surface area contributed by atoms with Crippen molar-refractivity contribution in [2.24, 2.45) is 7.05 Å². The number of hydrogen-bond donors (Lipinski definition) is 2. The number of hydrogen-bond acceptors (Lipinski definition) is 9. The first kappa shape index (κ1) is 27.8. The molecule has 2 aliphatic heterocycles. The number of H-pyrrole nitrogens is 1. The van der Waals surface area contributed by atoms with Crippen molar-refractivity contribution in [3.05, 3.63) is 41.9 Å². The van der Waals surface area contributed by atoms with E-state index in [4.69, 9.17) is 9.97 Å². The Kier molecular flexibility index (Phi) is 7.55. The number of aromatic nitrogens is 6. The van der Waals surface area contributed by atoms with Crippen molar-refractivity contribution in [2.75, 3.05) is 56.5 Å². The first-order valence-electron chi connectivity index (χ1n) is 13.7. The second kappa shape index (κ2) is 11.1. The van der Waals surface area contributed by atoms with Crippen LogP contribution in [0.25, 0.3) is 11.0 Å². The van der Waals surface area contributed by atoms with Gasteiger partial charge in [-0.15, -0.1) is 0 Å². The normalized spacial score (nSPS) is 18.0. The predicted molar refractivity (Wildman–Crippen MR) is 157 cm³/mol. The molecule has 2 aliphatic rings. The maximum absolute atomic E-state index is 13.4. The largest absolute Gasteiger partial charge is 0.449 e. The number of halogens is 3. The van der Waals surface area contributed by atoms with Gasteiger partial charge in [-0.05, 0) is 69.9 Å². The highest BCUT2D eigenvalue weighted by Gasteiger charge is 2.36. The zero-order valence-electron chi connectivity index (χ0n) is 23.2. The Morgan fingerprint density at radius 3 is 2.39 bits per heavy atom. The summed E-state index contributed by atoms with van der Waals surface area (Å²) in [4.78, 5) is 21.4. The molecule has 0 bridgehead atoms. The third kappa shape index (κ3) is 6.14. The van der Waals surface area contributed by atoms with Crippen molar-refractivity contribution in [1.29, 1.82) is 0 Å². The first-order valence-corrected chi connectivity index (χ1v) is 14.5. The van der Waals surface area contributed by atoms with Gasteiger partial charge < -0.3 is 19.7 Å². The van der Waals surface area contributed by atoms with Gasteiger partial charge in [0, 0.05) is 64.8 Å². The second-order valence-electron chi connectivity index (χ2n) is 10.8. The van der Waals surface area contributed by atoms with Crippen LogP contribution in [0.3, 0.4) is 0 Å². The number of piperazine rings is 1. The van der Waals surface area contributed by atoms with Crippen LogP contribution in [0.5, 0.6) is 0 Å². The molecular formula is C27H37F3N10S. The molecule has 41 heavy (non-hydrogen) atoms. The van der Waals surface area contributed by atoms with E-state index in [1.165, 1.54) is 31.7 Å². The molecule has 0 unspecified atom stereocenters. The monoisotopic (exact) mass is 590 g/mol. The number of piperidine rings is 1. The number of likely N-dealkylation sites (tertiary alicyclic amines) is 1. The van der Waals surface area contributed by atoms with Gasteiger partial charge >= 0.3 is 6.18 Å². The lowest BCUT2D eigenvalue weighted by Gasteiger charge is -2.42. The van der Waals surface area contributed by atoms with Crippen LogP contribution in [0.15, 0.2) is 40.4 Å². The van der Waals surface area contributed by atoms with E-state index >= 15 is 0 Å². The molecule has 0 spiro atoms. The van der Waals surface area contributed by atoms with E-state index in [9.17, 15) is 13.2 Å². The molecule has 14 heteroatoms. The number of rotatable bonds is 6. The third-order valence-corrected chi connectivity index (χ3v) is 8.67. The van der Waals surface area contributed by atoms with E-state index in [1.54, 1.807) is 18.2 Å². The molecule has 6 rings (SSSR count). The van der Waals surface area contributed by atoms with Crippen molar-refractivity contribution in [1.82, 2.24) is 39.5 Å². The second-order valence-corrected chi connectivity index (χ2v) is 11.8. The fourth-order valence-corrected chi connectivity index (χ4v) is 6.37. The maximum Gasteiger partial charge on any atom is 0.449 e. The van der Waals surface area contributed by atoms with Crippen LogP contribution in [0.4, 0.5) is 30.6 Å². The smallest absolute Gasteiger partial charge is 0.354 e. The van der Waals surface area contributed by atoms with Gasteiger partial charge in [-0.25, -0.2) is 15.0 Å². The van der Waals surface area contributed by atoms with Gasteiger partial charge in [0.2, 0.25) is 5.82 Å². The molecule has 2 saturated heterocycles. The topological polar surface area (TPSA) is 94.0 Å². The Bertz CT molecular complexity index is 1530. The van der Waals surface area contributed by atoms with Crippen LogP contribution in [-0.2, 0) is 13.2 Å². The minimum absolute atomic E-state index is 0. The van der Waals surface area contributed by atoms with Gasteiger partial charge in [-0.3, -0.25) is 10.00 Å². The lowest BCUT2D eigenvalue weighted by molar-refractivity contribution is -0.146. The summed E-state index contributed by atoms with van der Waals surface area (Å²) in [6.07, 6.45) is -2.12. The molecule has 1 aromatic carbocycles. The molecule has 10 nitrogen and oxygen atoms in total. The Labute approximate surface area is 243 Å². The molecule has 0 aliphatic carbocycles. The fraction of sp³-hybridized carbons (Fsp3) is 0.481. The number of benzene rings is 1. The zero-order chi connectivity index (χ0) is 28.7. The van der Waals surface area contributed by atoms with Gasteiger partial charge in [0.15, 0.2) is 11.0 Å². The standard InChI is InChI=1S/C27H33F3N10S.2H2/c1-17-14-23(36-35-17)32-22-16-24(40-12-10-39(11-13-40)18-6-8-37(2)9-7-18)34-26(33-22)41-19-4-5-20-21(15-19)38(3)25(31-20)27(28,29)30;;/h4-5,14-16,18H,6-13H2,1-3H3,(H2,32,33,34,35,36);2*1H. The Morgan fingerprint density at radius 2 is 1.71 bits per heavy atom. The summed E-state index contributed by atoms with van der Waals surface area (Å²) in [7, 11) is 3.56. The van der Waals surface area contributed by atoms with Gasteiger partial charge in [0.05, 0.1) is 11.0 Å². The molecule has 2 fully saturated rings. The summed E-state index contributed by atoms with van der Waals surface area (Å²) in [5.41, 5.74) is 1.61. The molecule has 3 aromatic heterocycles. The average molecular weight is 591 g/mol. The van der Waals surface area contributed by atoms with E-state index in [0.29, 0.717) is 28.4 Å². The predicted octanol–water partition coefficient (Wildman–Crippen LogP) is 5.02. The van der Waals surface area contributed by atoms with Crippen LogP contribution in [0.1, 0.15) is 27.2 Å². The lowest BCUT2D eigenvalue weighted by Crippen LogP contribution is -2.53. The molecule has 0 amide bonds. The number of aromatic amines is 1. The van der Waals surface area contributed by atoms with Gasteiger partial charge in [-0.1, -0.05) is 0 Å². The van der Waals surface area contributed by atoms with Crippen LogP contribution in [0.2, 0.25) is 0 Å². The number of alkyl halides is 3. The lowest BCUT2D eigenvalue weighted by atomic mass is 10.0. The molecule has 0 radical (unpaired) electrons. The summed E-state index contributed by atoms with van der Waals surface area (Å²) in [6, 6.07) is 9.50. The first-order chi connectivity index (χ1) is 19.6. The highest BCUT2D eigenvalue weighted by Crippen LogP contribution is 2.34. The summed E-state index contributed by atoms with van der Waals surface area (Å²) >= 11 is 1.30. The van der Waals surface area contributed by atoms with E-state index < -0.39 is 12.0 Å². The number of imidazole rings is 1. The summed E-state index contributed by atoms with van der Waals surface area (Å²) < 4.78 is 41.3. The number of aryl methyl sites for hydroxylation is 2. The number of anilines is 3. The minimum atomic E-state index is -4.53. The van der Waals surface area contributed by atoms with Crippen molar-refractivity contribution < 1.29 is 16.0 Å². The maximum atomic E-state index is 13.4. The number of fused-ring (bicyclic) bond motifs is 1. The van der Waals surface area contributed by atoms with Crippen molar-refractivity contribution >= 4 is 40.2 Å². The number of nitrogens with zero attached hydrogens (tertiary/aromatic N) is 8. The highest BCUT2D eigenvalue weighted by atomic mass is 32.2. The van der Waals surface area contributed by atoms with Crippen LogP contribution in [-0.4, -0.2) is 91.9 Å².